The SMILES string of the molecule is O=C(Cc1c(F)cccc1Cl)N[S+]1CCCC1C(=O)[O-]. The molecule has 2 rings (SSSR count). The van der Waals surface area contributed by atoms with Crippen LogP contribution in [-0.4, -0.2) is 22.9 Å². The van der Waals surface area contributed by atoms with Crippen LogP contribution in [0.25, 0.3) is 0 Å². The summed E-state index contributed by atoms with van der Waals surface area (Å²) in [7, 11) is 0. The summed E-state index contributed by atoms with van der Waals surface area (Å²) >= 11 is 5.11. The molecule has 0 bridgehead atoms. The summed E-state index contributed by atoms with van der Waals surface area (Å²) in [6, 6.07) is 4.20. The Kier molecular flexibility index (Phi) is 4.88. The fourth-order valence-electron chi connectivity index (χ4n) is 2.11. The monoisotopic (exact) mass is 317 g/mol. The quantitative estimate of drug-likeness (QED) is 0.826. The fraction of sp³-hybridized carbons (Fsp3) is 0.385. The highest BCUT2D eigenvalue weighted by molar-refractivity contribution is 7.97. The molecule has 0 aliphatic carbocycles. The molecule has 1 aromatic rings. The highest BCUT2D eigenvalue weighted by Gasteiger charge is 2.39. The van der Waals surface area contributed by atoms with Crippen LogP contribution in [0.4, 0.5) is 4.39 Å². The number of halogens is 2. The molecule has 7 heteroatoms. The second-order valence-corrected chi connectivity index (χ2v) is 6.93. The van der Waals surface area contributed by atoms with Crippen LogP contribution in [-0.2, 0) is 27.1 Å². The van der Waals surface area contributed by atoms with Crippen molar-refractivity contribution in [1.29, 1.82) is 0 Å². The van der Waals surface area contributed by atoms with E-state index in [1.807, 2.05) is 0 Å². The van der Waals surface area contributed by atoms with Crippen molar-refractivity contribution in [1.82, 2.24) is 4.72 Å². The second-order valence-electron chi connectivity index (χ2n) is 4.49. The van der Waals surface area contributed by atoms with Crippen molar-refractivity contribution in [2.24, 2.45) is 0 Å². The maximum atomic E-state index is 13.6. The molecule has 0 aromatic heterocycles. The second kappa shape index (κ2) is 6.45. The van der Waals surface area contributed by atoms with E-state index in [4.69, 9.17) is 11.6 Å². The number of hydrogen-bond acceptors (Lipinski definition) is 3. The molecular weight excluding hydrogens is 305 g/mol. The van der Waals surface area contributed by atoms with Gasteiger partial charge in [-0.2, -0.15) is 4.72 Å². The van der Waals surface area contributed by atoms with Crippen molar-refractivity contribution in [2.45, 2.75) is 24.5 Å². The van der Waals surface area contributed by atoms with Gasteiger partial charge >= 0.3 is 0 Å². The van der Waals surface area contributed by atoms with Crippen LogP contribution >= 0.6 is 11.6 Å². The van der Waals surface area contributed by atoms with E-state index < -0.39 is 34.0 Å². The van der Waals surface area contributed by atoms with Gasteiger partial charge < -0.3 is 9.90 Å². The lowest BCUT2D eigenvalue weighted by atomic mass is 10.1. The Morgan fingerprint density at radius 3 is 2.90 bits per heavy atom. The molecule has 2 unspecified atom stereocenters. The van der Waals surface area contributed by atoms with Gasteiger partial charge in [-0.3, -0.25) is 4.79 Å². The minimum Gasteiger partial charge on any atom is -0.545 e. The zero-order valence-electron chi connectivity index (χ0n) is 10.5. The van der Waals surface area contributed by atoms with Gasteiger partial charge in [0.1, 0.15) is 22.7 Å². The number of carbonyl (C=O) groups is 2. The predicted molar refractivity (Wildman–Crippen MR) is 73.5 cm³/mol. The molecule has 1 heterocycles. The summed E-state index contributed by atoms with van der Waals surface area (Å²) in [5.74, 6) is -1.49. The number of benzene rings is 1. The third kappa shape index (κ3) is 3.43. The van der Waals surface area contributed by atoms with E-state index in [0.29, 0.717) is 12.2 Å². The molecular formula is C13H13ClFNO3S. The van der Waals surface area contributed by atoms with Crippen molar-refractivity contribution in [3.05, 3.63) is 34.6 Å². The van der Waals surface area contributed by atoms with Crippen molar-refractivity contribution in [3.8, 4) is 0 Å². The highest BCUT2D eigenvalue weighted by atomic mass is 35.5. The zero-order chi connectivity index (χ0) is 14.7. The molecule has 4 nitrogen and oxygen atoms in total. The van der Waals surface area contributed by atoms with Crippen molar-refractivity contribution in [2.75, 3.05) is 5.75 Å². The Morgan fingerprint density at radius 2 is 2.25 bits per heavy atom. The van der Waals surface area contributed by atoms with Crippen LogP contribution in [0.5, 0.6) is 0 Å². The van der Waals surface area contributed by atoms with Crippen LogP contribution in [0, 0.1) is 5.82 Å². The van der Waals surface area contributed by atoms with Gasteiger partial charge in [-0.25, -0.2) is 4.39 Å². The number of carboxylic acids is 1. The standard InChI is InChI=1S/C13H13ClFNO3S/c14-9-3-1-4-10(15)8(9)7-12(17)16-20-6-2-5-11(20)13(18)19/h1,3-4,11H,2,5-7H2,(H-,16,17,18,19). The maximum absolute atomic E-state index is 13.6. The lowest BCUT2D eigenvalue weighted by Crippen LogP contribution is -2.46. The summed E-state index contributed by atoms with van der Waals surface area (Å²) in [4.78, 5) is 22.8. The number of nitrogens with one attached hydrogen (secondary N) is 1. The molecule has 0 spiro atoms. The normalized spacial score (nSPS) is 21.7. The Balaban J connectivity index is 2.01. The van der Waals surface area contributed by atoms with E-state index in [2.05, 4.69) is 4.72 Å². The molecule has 108 valence electrons. The summed E-state index contributed by atoms with van der Waals surface area (Å²) in [5.41, 5.74) is 0.125. The van der Waals surface area contributed by atoms with Gasteiger partial charge in [-0.15, -0.1) is 0 Å². The van der Waals surface area contributed by atoms with E-state index in [9.17, 15) is 19.1 Å². The first-order valence-electron chi connectivity index (χ1n) is 6.12. The largest absolute Gasteiger partial charge is 0.545 e. The maximum Gasteiger partial charge on any atom is 0.265 e. The number of hydrogen-bond donors (Lipinski definition) is 1. The zero-order valence-corrected chi connectivity index (χ0v) is 12.1. The minimum absolute atomic E-state index is 0.125. The molecule has 1 N–H and O–H groups in total. The van der Waals surface area contributed by atoms with Gasteiger partial charge in [0.2, 0.25) is 0 Å². The van der Waals surface area contributed by atoms with E-state index in [1.165, 1.54) is 18.2 Å². The number of carbonyl (C=O) groups excluding carboxylic acids is 2. The number of amides is 1. The minimum atomic E-state index is -1.14. The molecule has 2 atom stereocenters. The Labute approximate surface area is 123 Å². The van der Waals surface area contributed by atoms with E-state index in [0.717, 1.165) is 6.42 Å². The van der Waals surface area contributed by atoms with Crippen LogP contribution in [0.3, 0.4) is 0 Å². The van der Waals surface area contributed by atoms with Crippen LogP contribution in [0.1, 0.15) is 18.4 Å². The average Bonchev–Trinajstić information content (AvgIpc) is 2.82. The smallest absolute Gasteiger partial charge is 0.265 e. The highest BCUT2D eigenvalue weighted by Crippen LogP contribution is 2.22. The molecule has 0 saturated carbocycles. The van der Waals surface area contributed by atoms with Crippen LogP contribution in [0.15, 0.2) is 18.2 Å². The third-order valence-electron chi connectivity index (χ3n) is 3.08. The molecule has 1 fully saturated rings. The Hall–Kier alpha value is -1.27. The molecule has 20 heavy (non-hydrogen) atoms. The molecule has 1 aromatic carbocycles. The van der Waals surface area contributed by atoms with Gasteiger partial charge in [0, 0.05) is 17.0 Å². The number of carboxylic acid groups (broad SMARTS) is 1. The number of rotatable bonds is 4. The van der Waals surface area contributed by atoms with Gasteiger partial charge in [-0.1, -0.05) is 17.7 Å². The van der Waals surface area contributed by atoms with Crippen molar-refractivity contribution < 1.29 is 19.1 Å². The first-order valence-corrected chi connectivity index (χ1v) is 7.95. The van der Waals surface area contributed by atoms with Crippen molar-refractivity contribution in [3.63, 3.8) is 0 Å². The lowest BCUT2D eigenvalue weighted by molar-refractivity contribution is -0.304. The summed E-state index contributed by atoms with van der Waals surface area (Å²) in [6.07, 6.45) is 1.05. The van der Waals surface area contributed by atoms with Crippen LogP contribution in [0.2, 0.25) is 5.02 Å². The first kappa shape index (κ1) is 15.1. The molecule has 1 amide bonds. The van der Waals surface area contributed by atoms with Crippen molar-refractivity contribution >= 4 is 34.6 Å². The average molecular weight is 318 g/mol. The van der Waals surface area contributed by atoms with Gasteiger partial charge in [0.25, 0.3) is 5.91 Å². The fourth-order valence-corrected chi connectivity index (χ4v) is 4.39. The topological polar surface area (TPSA) is 69.2 Å². The molecule has 1 aliphatic rings. The number of aliphatic carboxylic acids is 1. The lowest BCUT2D eigenvalue weighted by Gasteiger charge is -2.12. The molecule has 1 saturated heterocycles. The van der Waals surface area contributed by atoms with Gasteiger partial charge in [0.05, 0.1) is 12.4 Å². The van der Waals surface area contributed by atoms with E-state index >= 15 is 0 Å². The van der Waals surface area contributed by atoms with E-state index in [1.54, 1.807) is 0 Å². The first-order chi connectivity index (χ1) is 9.49. The van der Waals surface area contributed by atoms with E-state index in [-0.39, 0.29) is 17.0 Å². The summed E-state index contributed by atoms with van der Waals surface area (Å²) in [6.45, 7) is 0. The molecule has 1 aliphatic heterocycles. The molecule has 0 radical (unpaired) electrons. The van der Waals surface area contributed by atoms with Crippen LogP contribution < -0.4 is 9.83 Å². The third-order valence-corrected chi connectivity index (χ3v) is 5.77. The summed E-state index contributed by atoms with van der Waals surface area (Å²) < 4.78 is 16.2. The van der Waals surface area contributed by atoms with Gasteiger partial charge in [0.15, 0.2) is 5.25 Å². The Morgan fingerprint density at radius 1 is 1.50 bits per heavy atom. The Bertz CT molecular complexity index is 520. The summed E-state index contributed by atoms with van der Waals surface area (Å²) in [5, 5.41) is 10.5. The predicted octanol–water partition coefficient (Wildman–Crippen LogP) is 0.583. The van der Waals surface area contributed by atoms with Gasteiger partial charge in [-0.05, 0) is 18.6 Å².